The lowest BCUT2D eigenvalue weighted by molar-refractivity contribution is -0.162. The first-order valence-electron chi connectivity index (χ1n) is 11.3. The molecular formula is C26H27FN2O4. The highest BCUT2D eigenvalue weighted by Crippen LogP contribution is 2.46. The molecule has 2 N–H and O–H groups in total. The van der Waals surface area contributed by atoms with E-state index in [-0.39, 0.29) is 25.5 Å². The van der Waals surface area contributed by atoms with Crippen LogP contribution in [0.3, 0.4) is 0 Å². The summed E-state index contributed by atoms with van der Waals surface area (Å²) in [4.78, 5) is 19.2. The molecular weight excluding hydrogens is 423 g/mol. The lowest BCUT2D eigenvalue weighted by Crippen LogP contribution is -2.47. The number of cyclic esters (lactones) is 1. The Balaban J connectivity index is 1.66. The number of halogens is 1. The average molecular weight is 451 g/mol. The number of aryl methyl sites for hydroxylation is 1. The Morgan fingerprint density at radius 3 is 2.85 bits per heavy atom. The van der Waals surface area contributed by atoms with Gasteiger partial charge < -0.3 is 19.8 Å². The van der Waals surface area contributed by atoms with Gasteiger partial charge in [0.1, 0.15) is 12.4 Å². The first-order chi connectivity index (χ1) is 15.8. The maximum Gasteiger partial charge on any atom is 0.343 e. The topological polar surface area (TPSA) is 82.9 Å². The molecule has 1 atom stereocenters. The summed E-state index contributed by atoms with van der Waals surface area (Å²) >= 11 is 0. The Kier molecular flexibility index (Phi) is 5.14. The zero-order valence-corrected chi connectivity index (χ0v) is 18.9. The number of rotatable bonds is 5. The Morgan fingerprint density at radius 2 is 2.12 bits per heavy atom. The fraction of sp³-hybridized carbons (Fsp3) is 0.385. The first-order valence-corrected chi connectivity index (χ1v) is 11.3. The van der Waals surface area contributed by atoms with Crippen LogP contribution < -0.4 is 0 Å². The quantitative estimate of drug-likeness (QED) is 0.534. The first kappa shape index (κ1) is 21.8. The normalized spacial score (nSPS) is 21.7. The molecule has 0 radical (unpaired) electrons. The highest BCUT2D eigenvalue weighted by atomic mass is 19.1. The minimum Gasteiger partial charge on any atom is -0.458 e. The van der Waals surface area contributed by atoms with Crippen LogP contribution in [0.4, 0.5) is 4.39 Å². The molecule has 6 nitrogen and oxygen atoms in total. The molecule has 33 heavy (non-hydrogen) atoms. The molecule has 4 heterocycles. The summed E-state index contributed by atoms with van der Waals surface area (Å²) in [5.41, 5.74) is 4.71. The van der Waals surface area contributed by atoms with Crippen molar-refractivity contribution >= 4 is 22.6 Å². The van der Waals surface area contributed by atoms with Crippen molar-refractivity contribution in [1.82, 2.24) is 9.88 Å². The van der Waals surface area contributed by atoms with Gasteiger partial charge in [-0.05, 0) is 55.9 Å². The smallest absolute Gasteiger partial charge is 0.343 e. The van der Waals surface area contributed by atoms with Crippen LogP contribution in [0.25, 0.3) is 16.6 Å². The average Bonchev–Trinajstić information content (AvgIpc) is 3.16. The number of unbranched alkanes of at least 4 members (excludes halogenated alkanes) is 1. The van der Waals surface area contributed by atoms with E-state index in [1.54, 1.807) is 13.8 Å². The van der Waals surface area contributed by atoms with Gasteiger partial charge in [-0.1, -0.05) is 13.5 Å². The van der Waals surface area contributed by atoms with E-state index in [1.807, 2.05) is 11.0 Å². The largest absolute Gasteiger partial charge is 0.458 e. The van der Waals surface area contributed by atoms with Gasteiger partial charge >= 0.3 is 5.97 Å². The van der Waals surface area contributed by atoms with E-state index in [0.717, 1.165) is 28.6 Å². The molecule has 0 aliphatic carbocycles. The third-order valence-corrected chi connectivity index (χ3v) is 7.15. The number of fused-ring (bicyclic) bond motifs is 4. The third-order valence-electron chi connectivity index (χ3n) is 7.15. The van der Waals surface area contributed by atoms with E-state index in [2.05, 4.69) is 12.6 Å². The Hall–Kier alpha value is -3.03. The summed E-state index contributed by atoms with van der Waals surface area (Å²) in [6.07, 6.45) is 4.09. The zero-order valence-electron chi connectivity index (χ0n) is 18.9. The van der Waals surface area contributed by atoms with Crippen molar-refractivity contribution in [3.63, 3.8) is 0 Å². The third kappa shape index (κ3) is 3.14. The van der Waals surface area contributed by atoms with Crippen molar-refractivity contribution in [1.29, 1.82) is 0 Å². The second-order valence-corrected chi connectivity index (χ2v) is 8.95. The van der Waals surface area contributed by atoms with Gasteiger partial charge in [0.15, 0.2) is 5.60 Å². The van der Waals surface area contributed by atoms with Crippen LogP contribution in [0.5, 0.6) is 0 Å². The van der Waals surface area contributed by atoms with Crippen LogP contribution in [-0.4, -0.2) is 44.9 Å². The van der Waals surface area contributed by atoms with Crippen molar-refractivity contribution in [2.24, 2.45) is 0 Å². The summed E-state index contributed by atoms with van der Waals surface area (Å²) in [5, 5.41) is 21.2. The molecule has 2 aromatic rings. The predicted octanol–water partition coefficient (Wildman–Crippen LogP) is 3.68. The molecule has 7 heteroatoms. The van der Waals surface area contributed by atoms with Crippen LogP contribution in [-0.2, 0) is 22.5 Å². The maximum absolute atomic E-state index is 14.8. The van der Waals surface area contributed by atoms with E-state index < -0.39 is 11.6 Å². The molecule has 3 aliphatic rings. The molecule has 0 fully saturated rings. The number of esters is 1. The molecule has 0 unspecified atom stereocenters. The van der Waals surface area contributed by atoms with Gasteiger partial charge in [0.05, 0.1) is 23.5 Å². The number of carbonyl (C=O) groups is 1. The number of aromatic nitrogens is 1. The molecule has 1 aromatic carbocycles. The van der Waals surface area contributed by atoms with Crippen LogP contribution in [0.2, 0.25) is 0 Å². The Morgan fingerprint density at radius 1 is 1.33 bits per heavy atom. The molecule has 5 rings (SSSR count). The number of hydrogen-bond acceptors (Lipinski definition) is 6. The molecule has 0 bridgehead atoms. The Labute approximate surface area is 191 Å². The molecule has 0 amide bonds. The summed E-state index contributed by atoms with van der Waals surface area (Å²) < 4.78 is 20.0. The van der Waals surface area contributed by atoms with Gasteiger partial charge in [-0.3, -0.25) is 0 Å². The van der Waals surface area contributed by atoms with Gasteiger partial charge in [-0.25, -0.2) is 14.2 Å². The standard InChI is InChI=1S/C26H27FN2O4/c1-4-26(32)20-10-23-24-16(12-29(23)15(3)19(20)13-33-25(26)31)9-18-17(7-5-6-8-30)14(2)21(27)11-22(18)28-24/h9-11,30,32H,3-8,12-13H2,1-2H3/t26-/m0/s1. The van der Waals surface area contributed by atoms with Crippen LogP contribution in [0.15, 0.2) is 41.6 Å². The minimum atomic E-state index is -1.72. The molecule has 0 saturated carbocycles. The lowest BCUT2D eigenvalue weighted by Gasteiger charge is -2.39. The monoisotopic (exact) mass is 450 g/mol. The molecule has 1 aromatic heterocycles. The predicted molar refractivity (Wildman–Crippen MR) is 122 cm³/mol. The van der Waals surface area contributed by atoms with E-state index in [0.29, 0.717) is 53.0 Å². The van der Waals surface area contributed by atoms with Crippen LogP contribution >= 0.6 is 0 Å². The number of ether oxygens (including phenoxy) is 1. The fourth-order valence-electron chi connectivity index (χ4n) is 5.12. The molecule has 0 spiro atoms. The van der Waals surface area contributed by atoms with Crippen LogP contribution in [0, 0.1) is 12.7 Å². The van der Waals surface area contributed by atoms with E-state index >= 15 is 0 Å². The van der Waals surface area contributed by atoms with E-state index in [4.69, 9.17) is 14.8 Å². The highest BCUT2D eigenvalue weighted by Gasteiger charge is 2.47. The van der Waals surface area contributed by atoms with Gasteiger partial charge in [0, 0.05) is 40.5 Å². The SMILES string of the molecule is C=C1C2=C(C=C3c4nc5cc(F)c(C)c(CCCCO)c5cc4CN13)[C@@](O)(CC)C(=O)OC2. The number of hydrogen-bond donors (Lipinski definition) is 2. The van der Waals surface area contributed by atoms with E-state index in [1.165, 1.54) is 6.07 Å². The van der Waals surface area contributed by atoms with Crippen molar-refractivity contribution in [3.8, 4) is 0 Å². The number of carbonyl (C=O) groups excluding carboxylic acids is 1. The summed E-state index contributed by atoms with van der Waals surface area (Å²) in [6, 6.07) is 3.53. The summed E-state index contributed by atoms with van der Waals surface area (Å²) in [5.74, 6) is -0.956. The summed E-state index contributed by atoms with van der Waals surface area (Å²) in [6.45, 7) is 8.48. The van der Waals surface area contributed by atoms with Crippen molar-refractivity contribution in [2.45, 2.75) is 51.7 Å². The molecule has 0 saturated heterocycles. The van der Waals surface area contributed by atoms with Gasteiger partial charge in [0.25, 0.3) is 0 Å². The number of benzene rings is 1. The second kappa shape index (κ2) is 7.78. The van der Waals surface area contributed by atoms with Crippen LogP contribution in [0.1, 0.15) is 48.6 Å². The molecule has 3 aliphatic heterocycles. The van der Waals surface area contributed by atoms with Crippen molar-refractivity contribution in [3.05, 3.63) is 69.8 Å². The highest BCUT2D eigenvalue weighted by molar-refractivity contribution is 5.92. The maximum atomic E-state index is 14.8. The zero-order chi connectivity index (χ0) is 23.5. The van der Waals surface area contributed by atoms with Crippen molar-refractivity contribution in [2.75, 3.05) is 13.2 Å². The number of aliphatic hydroxyl groups is 2. The summed E-state index contributed by atoms with van der Waals surface area (Å²) in [7, 11) is 0. The number of aliphatic hydroxyl groups excluding tert-OH is 1. The van der Waals surface area contributed by atoms with Gasteiger partial charge in [-0.2, -0.15) is 0 Å². The lowest BCUT2D eigenvalue weighted by atomic mass is 9.82. The van der Waals surface area contributed by atoms with E-state index in [9.17, 15) is 14.3 Å². The second-order valence-electron chi connectivity index (χ2n) is 8.95. The van der Waals surface area contributed by atoms with Crippen molar-refractivity contribution < 1.29 is 24.1 Å². The number of pyridine rings is 1. The Bertz CT molecular complexity index is 1280. The minimum absolute atomic E-state index is 0.0702. The molecule has 172 valence electrons. The van der Waals surface area contributed by atoms with Gasteiger partial charge in [0.2, 0.25) is 0 Å². The van der Waals surface area contributed by atoms with Gasteiger partial charge in [-0.15, -0.1) is 0 Å². The fourth-order valence-corrected chi connectivity index (χ4v) is 5.12. The number of nitrogens with zero attached hydrogens (tertiary/aromatic N) is 2.